The molecule has 53 heavy (non-hydrogen) atoms. The van der Waals surface area contributed by atoms with E-state index in [0.29, 0.717) is 42.8 Å². The van der Waals surface area contributed by atoms with E-state index in [4.69, 9.17) is 10.5 Å². The third kappa shape index (κ3) is 8.71. The van der Waals surface area contributed by atoms with Crippen LogP contribution in [0.2, 0.25) is 0 Å². The highest BCUT2D eigenvalue weighted by atomic mass is 32.2. The number of azo groups is 1. The summed E-state index contributed by atoms with van der Waals surface area (Å²) in [5.74, 6) is -0.832. The van der Waals surface area contributed by atoms with Crippen LogP contribution in [0, 0.1) is 5.92 Å². The van der Waals surface area contributed by atoms with E-state index in [9.17, 15) is 18.3 Å². The SMILES string of the molecule is CCC(C)(C)c1ccc(OCCCCC2C=C(NS(=O)(=O)c3ccc(N=Nc4ccccc4)cc3)c3ccccc3C2(O)C(N)=O)c(C(C)(C)CC)c1. The molecule has 2 atom stereocenters. The van der Waals surface area contributed by atoms with Crippen LogP contribution in [-0.2, 0) is 31.2 Å². The zero-order valence-electron chi connectivity index (χ0n) is 31.6. The molecule has 5 rings (SSSR count). The van der Waals surface area contributed by atoms with Gasteiger partial charge in [-0.15, -0.1) is 0 Å². The number of carbonyl (C=O) groups is 1. The van der Waals surface area contributed by atoms with Gasteiger partial charge in [-0.1, -0.05) is 102 Å². The summed E-state index contributed by atoms with van der Waals surface area (Å²) in [6.45, 7) is 13.8. The molecule has 4 aromatic carbocycles. The van der Waals surface area contributed by atoms with Crippen LogP contribution < -0.4 is 15.2 Å². The molecule has 10 heteroatoms. The molecule has 4 aromatic rings. The quantitative estimate of drug-likeness (QED) is 0.0776. The maximum atomic E-state index is 13.7. The van der Waals surface area contributed by atoms with Crippen LogP contribution in [0.1, 0.15) is 95.9 Å². The minimum absolute atomic E-state index is 0.0240. The number of ether oxygens (including phenoxy) is 1. The highest BCUT2D eigenvalue weighted by molar-refractivity contribution is 7.89. The van der Waals surface area contributed by atoms with Crippen LogP contribution in [0.5, 0.6) is 5.75 Å². The summed E-state index contributed by atoms with van der Waals surface area (Å²) >= 11 is 0. The van der Waals surface area contributed by atoms with Crippen molar-refractivity contribution in [2.45, 2.75) is 95.0 Å². The standard InChI is InChI=1S/C43H52N4O5S/c1-7-41(3,4)30-21-26-39(37(28-30)42(5,6)8-2)52-27-15-14-16-31-29-38(35-19-12-13-20-36(35)43(31,49)40(44)48)47-53(50,51)34-24-22-33(23-25-34)46-45-32-17-10-9-11-18-32/h9-13,17-26,28-29,31,47,49H,7-8,14-16,27H2,1-6H3,(H2,44,48). The zero-order chi connectivity index (χ0) is 38.4. The lowest BCUT2D eigenvalue weighted by Crippen LogP contribution is -2.49. The molecular formula is C43H52N4O5S. The molecule has 0 bridgehead atoms. The monoisotopic (exact) mass is 736 g/mol. The molecule has 0 fully saturated rings. The van der Waals surface area contributed by atoms with E-state index in [2.05, 4.69) is 74.7 Å². The molecule has 0 saturated carbocycles. The van der Waals surface area contributed by atoms with Crippen molar-refractivity contribution in [2.24, 2.45) is 21.9 Å². The Morgan fingerprint density at radius 3 is 2.11 bits per heavy atom. The highest BCUT2D eigenvalue weighted by Crippen LogP contribution is 2.43. The topological polar surface area (TPSA) is 143 Å². The van der Waals surface area contributed by atoms with Crippen molar-refractivity contribution in [1.82, 2.24) is 4.72 Å². The Balaban J connectivity index is 1.33. The number of sulfonamides is 1. The van der Waals surface area contributed by atoms with Gasteiger partial charge in [0.15, 0.2) is 5.60 Å². The van der Waals surface area contributed by atoms with Crippen LogP contribution in [-0.4, -0.2) is 26.0 Å². The lowest BCUT2D eigenvalue weighted by atomic mass is 9.72. The minimum atomic E-state index is -4.07. The Kier molecular flexibility index (Phi) is 11.9. The van der Waals surface area contributed by atoms with Gasteiger partial charge in [0.25, 0.3) is 15.9 Å². The van der Waals surface area contributed by atoms with Crippen LogP contribution >= 0.6 is 0 Å². The maximum absolute atomic E-state index is 13.7. The summed E-state index contributed by atoms with van der Waals surface area (Å²) in [7, 11) is -4.07. The molecule has 0 aliphatic heterocycles. The lowest BCUT2D eigenvalue weighted by Gasteiger charge is -2.38. The molecule has 1 aliphatic rings. The number of rotatable bonds is 16. The fraction of sp³-hybridized carbons (Fsp3) is 0.372. The van der Waals surface area contributed by atoms with Gasteiger partial charge in [0.2, 0.25) is 0 Å². The molecule has 2 unspecified atom stereocenters. The van der Waals surface area contributed by atoms with Gasteiger partial charge in [0.05, 0.1) is 28.6 Å². The third-order valence-corrected chi connectivity index (χ3v) is 12.1. The van der Waals surface area contributed by atoms with Gasteiger partial charge >= 0.3 is 0 Å². The number of fused-ring (bicyclic) bond motifs is 1. The number of hydrogen-bond acceptors (Lipinski definition) is 7. The highest BCUT2D eigenvalue weighted by Gasteiger charge is 2.47. The fourth-order valence-corrected chi connectivity index (χ4v) is 7.59. The predicted molar refractivity (Wildman–Crippen MR) is 211 cm³/mol. The molecule has 9 nitrogen and oxygen atoms in total. The van der Waals surface area contributed by atoms with Crippen LogP contribution in [0.15, 0.2) is 118 Å². The first-order chi connectivity index (χ1) is 25.1. The molecule has 1 amide bonds. The largest absolute Gasteiger partial charge is 0.493 e. The van der Waals surface area contributed by atoms with E-state index in [1.165, 1.54) is 23.3 Å². The second kappa shape index (κ2) is 16.1. The van der Waals surface area contributed by atoms with Crippen molar-refractivity contribution in [3.8, 4) is 5.75 Å². The molecular weight excluding hydrogens is 685 g/mol. The fourth-order valence-electron chi connectivity index (χ4n) is 6.51. The number of nitrogens with one attached hydrogen (secondary N) is 1. The summed E-state index contributed by atoms with van der Waals surface area (Å²) < 4.78 is 36.4. The maximum Gasteiger partial charge on any atom is 0.261 e. The van der Waals surface area contributed by atoms with Crippen molar-refractivity contribution in [2.75, 3.05) is 6.61 Å². The molecule has 1 aliphatic carbocycles. The number of aliphatic hydroxyl groups is 1. The van der Waals surface area contributed by atoms with Crippen molar-refractivity contribution in [3.63, 3.8) is 0 Å². The zero-order valence-corrected chi connectivity index (χ0v) is 32.4. The van der Waals surface area contributed by atoms with E-state index in [1.54, 1.807) is 42.5 Å². The van der Waals surface area contributed by atoms with E-state index >= 15 is 0 Å². The summed E-state index contributed by atoms with van der Waals surface area (Å²) in [6.07, 6.45) is 5.19. The normalized spacial score (nSPS) is 17.6. The summed E-state index contributed by atoms with van der Waals surface area (Å²) in [5.41, 5.74) is 8.36. The van der Waals surface area contributed by atoms with Gasteiger partial charge in [-0.05, 0) is 91.0 Å². The van der Waals surface area contributed by atoms with Gasteiger partial charge in [0.1, 0.15) is 5.75 Å². The smallest absolute Gasteiger partial charge is 0.261 e. The Labute approximate surface area is 314 Å². The second-order valence-electron chi connectivity index (χ2n) is 15.0. The van der Waals surface area contributed by atoms with Crippen LogP contribution in [0.3, 0.4) is 0 Å². The first-order valence-electron chi connectivity index (χ1n) is 18.3. The molecule has 0 saturated heterocycles. The Hall–Kier alpha value is -4.80. The number of hydrogen-bond donors (Lipinski definition) is 3. The number of nitrogens with zero attached hydrogens (tertiary/aromatic N) is 2. The number of amides is 1. The second-order valence-corrected chi connectivity index (χ2v) is 16.7. The average Bonchev–Trinajstić information content (AvgIpc) is 3.15. The summed E-state index contributed by atoms with van der Waals surface area (Å²) in [5, 5.41) is 20.3. The van der Waals surface area contributed by atoms with E-state index < -0.39 is 27.4 Å². The molecule has 0 heterocycles. The molecule has 0 spiro atoms. The van der Waals surface area contributed by atoms with Gasteiger partial charge in [-0.3, -0.25) is 9.52 Å². The minimum Gasteiger partial charge on any atom is -0.493 e. The predicted octanol–water partition coefficient (Wildman–Crippen LogP) is 9.35. The van der Waals surface area contributed by atoms with Crippen molar-refractivity contribution in [3.05, 3.63) is 125 Å². The van der Waals surface area contributed by atoms with Gasteiger partial charge < -0.3 is 15.6 Å². The van der Waals surface area contributed by atoms with E-state index in [1.807, 2.05) is 30.3 Å². The molecule has 4 N–H and O–H groups in total. The number of carbonyl (C=O) groups excluding carboxylic acids is 1. The molecule has 0 aromatic heterocycles. The average molecular weight is 737 g/mol. The van der Waals surface area contributed by atoms with Crippen molar-refractivity contribution < 1.29 is 23.1 Å². The van der Waals surface area contributed by atoms with Crippen LogP contribution in [0.4, 0.5) is 11.4 Å². The number of benzene rings is 4. The lowest BCUT2D eigenvalue weighted by molar-refractivity contribution is -0.142. The van der Waals surface area contributed by atoms with Crippen molar-refractivity contribution in [1.29, 1.82) is 0 Å². The first kappa shape index (κ1) is 39.4. The molecule has 0 radical (unpaired) electrons. The van der Waals surface area contributed by atoms with E-state index in [0.717, 1.165) is 18.6 Å². The van der Waals surface area contributed by atoms with Gasteiger partial charge in [-0.2, -0.15) is 10.2 Å². The number of nitrogens with two attached hydrogens (primary N) is 1. The summed E-state index contributed by atoms with van der Waals surface area (Å²) in [6, 6.07) is 28.5. The first-order valence-corrected chi connectivity index (χ1v) is 19.8. The van der Waals surface area contributed by atoms with Crippen molar-refractivity contribution >= 4 is 33.0 Å². The summed E-state index contributed by atoms with van der Waals surface area (Å²) in [4.78, 5) is 13.0. The third-order valence-electron chi connectivity index (χ3n) is 10.8. The Morgan fingerprint density at radius 2 is 1.47 bits per heavy atom. The Bertz CT molecular complexity index is 2080. The van der Waals surface area contributed by atoms with Crippen LogP contribution in [0.25, 0.3) is 5.70 Å². The number of primary amides is 1. The van der Waals surface area contributed by atoms with Gasteiger partial charge in [-0.25, -0.2) is 8.42 Å². The number of unbranched alkanes of at least 4 members (excludes halogenated alkanes) is 1. The molecule has 280 valence electrons. The van der Waals surface area contributed by atoms with Gasteiger partial charge in [0, 0.05) is 22.6 Å². The van der Waals surface area contributed by atoms with E-state index in [-0.39, 0.29) is 27.0 Å². The Morgan fingerprint density at radius 1 is 0.849 bits per heavy atom.